The molecule has 1 aromatic carbocycles. The Labute approximate surface area is 90.3 Å². The Morgan fingerprint density at radius 2 is 2.20 bits per heavy atom. The number of rotatable bonds is 5. The van der Waals surface area contributed by atoms with Crippen LogP contribution in [0, 0.1) is 0 Å². The van der Waals surface area contributed by atoms with E-state index in [-0.39, 0.29) is 6.61 Å². The third-order valence-electron chi connectivity index (χ3n) is 2.33. The highest BCUT2D eigenvalue weighted by atomic mass is 16.5. The minimum atomic E-state index is 0.124. The van der Waals surface area contributed by atoms with Gasteiger partial charge in [0.2, 0.25) is 0 Å². The van der Waals surface area contributed by atoms with Crippen LogP contribution in [-0.4, -0.2) is 31.9 Å². The Morgan fingerprint density at radius 1 is 1.47 bits per heavy atom. The van der Waals surface area contributed by atoms with Gasteiger partial charge < -0.3 is 20.5 Å². The minimum Gasteiger partial charge on any atom is -0.497 e. The first-order chi connectivity index (χ1) is 7.22. The fourth-order valence-electron chi connectivity index (χ4n) is 1.52. The van der Waals surface area contributed by atoms with Crippen molar-refractivity contribution in [2.75, 3.05) is 37.4 Å². The van der Waals surface area contributed by atoms with E-state index in [9.17, 15) is 0 Å². The van der Waals surface area contributed by atoms with Crippen LogP contribution in [0.2, 0.25) is 0 Å². The molecule has 0 saturated carbocycles. The summed E-state index contributed by atoms with van der Waals surface area (Å²) in [7, 11) is 1.61. The second-order valence-electron chi connectivity index (χ2n) is 3.23. The number of likely N-dealkylation sites (N-methyl/N-ethyl adjacent to an activating group) is 1. The Hall–Kier alpha value is -1.42. The van der Waals surface area contributed by atoms with Gasteiger partial charge in [-0.15, -0.1) is 0 Å². The standard InChI is InChI=1S/C11H18N2O2/c1-3-13(6-7-14)11-5-4-9(15-2)8-10(11)12/h4-5,8,14H,3,6-7,12H2,1-2H3. The van der Waals surface area contributed by atoms with Gasteiger partial charge in [-0.05, 0) is 19.1 Å². The summed E-state index contributed by atoms with van der Waals surface area (Å²) in [6, 6.07) is 5.56. The van der Waals surface area contributed by atoms with Crippen molar-refractivity contribution in [3.8, 4) is 5.75 Å². The summed E-state index contributed by atoms with van der Waals surface area (Å²) in [6.45, 7) is 3.56. The summed E-state index contributed by atoms with van der Waals surface area (Å²) in [5, 5.41) is 8.91. The highest BCUT2D eigenvalue weighted by molar-refractivity contribution is 5.69. The molecule has 0 spiro atoms. The number of aliphatic hydroxyl groups excluding tert-OH is 1. The maximum Gasteiger partial charge on any atom is 0.121 e. The van der Waals surface area contributed by atoms with Crippen molar-refractivity contribution in [3.05, 3.63) is 18.2 Å². The second kappa shape index (κ2) is 5.46. The summed E-state index contributed by atoms with van der Waals surface area (Å²) < 4.78 is 5.08. The Kier molecular flexibility index (Phi) is 4.24. The number of benzene rings is 1. The lowest BCUT2D eigenvalue weighted by atomic mass is 10.2. The molecule has 1 aromatic rings. The molecule has 0 fully saturated rings. The van der Waals surface area contributed by atoms with Crippen LogP contribution in [0.4, 0.5) is 11.4 Å². The molecule has 1 rings (SSSR count). The molecule has 4 nitrogen and oxygen atoms in total. The second-order valence-corrected chi connectivity index (χ2v) is 3.23. The van der Waals surface area contributed by atoms with Gasteiger partial charge in [0.05, 0.1) is 25.1 Å². The van der Waals surface area contributed by atoms with Gasteiger partial charge in [0.15, 0.2) is 0 Å². The molecule has 0 radical (unpaired) electrons. The van der Waals surface area contributed by atoms with Crippen molar-refractivity contribution >= 4 is 11.4 Å². The lowest BCUT2D eigenvalue weighted by Gasteiger charge is -2.23. The summed E-state index contributed by atoms with van der Waals surface area (Å²) in [6.07, 6.45) is 0. The van der Waals surface area contributed by atoms with Gasteiger partial charge >= 0.3 is 0 Å². The highest BCUT2D eigenvalue weighted by Crippen LogP contribution is 2.27. The molecule has 0 aliphatic rings. The monoisotopic (exact) mass is 210 g/mol. The van der Waals surface area contributed by atoms with E-state index in [0.29, 0.717) is 12.2 Å². The first kappa shape index (κ1) is 11.7. The summed E-state index contributed by atoms with van der Waals surface area (Å²) in [4.78, 5) is 2.02. The first-order valence-corrected chi connectivity index (χ1v) is 5.02. The van der Waals surface area contributed by atoms with Crippen LogP contribution >= 0.6 is 0 Å². The zero-order chi connectivity index (χ0) is 11.3. The zero-order valence-electron chi connectivity index (χ0n) is 9.23. The lowest BCUT2D eigenvalue weighted by Crippen LogP contribution is -2.26. The average molecular weight is 210 g/mol. The Bertz CT molecular complexity index is 315. The number of hydrogen-bond donors (Lipinski definition) is 2. The van der Waals surface area contributed by atoms with Crippen LogP contribution in [0.5, 0.6) is 5.75 Å². The Balaban J connectivity index is 2.92. The van der Waals surface area contributed by atoms with Gasteiger partial charge in [0.1, 0.15) is 5.75 Å². The molecule has 0 unspecified atom stereocenters. The van der Waals surface area contributed by atoms with E-state index in [2.05, 4.69) is 0 Å². The smallest absolute Gasteiger partial charge is 0.121 e. The molecule has 15 heavy (non-hydrogen) atoms. The predicted molar refractivity (Wildman–Crippen MR) is 62.4 cm³/mol. The van der Waals surface area contributed by atoms with E-state index in [1.807, 2.05) is 24.0 Å². The molecule has 0 saturated heterocycles. The van der Waals surface area contributed by atoms with Crippen molar-refractivity contribution in [1.82, 2.24) is 0 Å². The number of methoxy groups -OCH3 is 1. The van der Waals surface area contributed by atoms with Crippen LogP contribution in [0.25, 0.3) is 0 Å². The number of ether oxygens (including phenoxy) is 1. The molecule has 0 heterocycles. The number of nitrogens with zero attached hydrogens (tertiary/aromatic N) is 1. The zero-order valence-corrected chi connectivity index (χ0v) is 9.23. The van der Waals surface area contributed by atoms with Crippen molar-refractivity contribution in [2.24, 2.45) is 0 Å². The molecule has 0 bridgehead atoms. The number of hydrogen-bond acceptors (Lipinski definition) is 4. The van der Waals surface area contributed by atoms with E-state index in [0.717, 1.165) is 18.0 Å². The van der Waals surface area contributed by atoms with Gasteiger partial charge in [0.25, 0.3) is 0 Å². The van der Waals surface area contributed by atoms with E-state index in [1.165, 1.54) is 0 Å². The quantitative estimate of drug-likeness (QED) is 0.714. The van der Waals surface area contributed by atoms with Crippen molar-refractivity contribution < 1.29 is 9.84 Å². The highest BCUT2D eigenvalue weighted by Gasteiger charge is 2.07. The van der Waals surface area contributed by atoms with Crippen LogP contribution < -0.4 is 15.4 Å². The average Bonchev–Trinajstić information content (AvgIpc) is 2.26. The largest absolute Gasteiger partial charge is 0.497 e. The number of nitrogen functional groups attached to an aromatic ring is 1. The summed E-state index contributed by atoms with van der Waals surface area (Å²) in [5.41, 5.74) is 7.51. The lowest BCUT2D eigenvalue weighted by molar-refractivity contribution is 0.302. The SMILES string of the molecule is CCN(CCO)c1ccc(OC)cc1N. The fraction of sp³-hybridized carbons (Fsp3) is 0.455. The molecule has 3 N–H and O–H groups in total. The molecule has 0 aliphatic carbocycles. The van der Waals surface area contributed by atoms with E-state index in [1.54, 1.807) is 13.2 Å². The van der Waals surface area contributed by atoms with Gasteiger partial charge in [-0.3, -0.25) is 0 Å². The van der Waals surface area contributed by atoms with Crippen LogP contribution in [0.1, 0.15) is 6.92 Å². The molecule has 0 amide bonds. The van der Waals surface area contributed by atoms with Crippen molar-refractivity contribution in [1.29, 1.82) is 0 Å². The van der Waals surface area contributed by atoms with E-state index in [4.69, 9.17) is 15.6 Å². The molecular formula is C11H18N2O2. The number of nitrogens with two attached hydrogens (primary N) is 1. The maximum atomic E-state index is 8.91. The molecule has 0 aliphatic heterocycles. The van der Waals surface area contributed by atoms with Crippen molar-refractivity contribution in [2.45, 2.75) is 6.92 Å². The van der Waals surface area contributed by atoms with E-state index >= 15 is 0 Å². The molecule has 4 heteroatoms. The van der Waals surface area contributed by atoms with Crippen molar-refractivity contribution in [3.63, 3.8) is 0 Å². The van der Waals surface area contributed by atoms with Gasteiger partial charge in [0, 0.05) is 19.2 Å². The molecule has 84 valence electrons. The van der Waals surface area contributed by atoms with Crippen LogP contribution in [0.3, 0.4) is 0 Å². The molecule has 0 aromatic heterocycles. The topological polar surface area (TPSA) is 58.7 Å². The fourth-order valence-corrected chi connectivity index (χ4v) is 1.52. The van der Waals surface area contributed by atoms with Gasteiger partial charge in [-0.1, -0.05) is 0 Å². The third-order valence-corrected chi connectivity index (χ3v) is 2.33. The van der Waals surface area contributed by atoms with E-state index < -0.39 is 0 Å². The molecular weight excluding hydrogens is 192 g/mol. The number of anilines is 2. The Morgan fingerprint density at radius 3 is 2.67 bits per heavy atom. The van der Waals surface area contributed by atoms with Gasteiger partial charge in [-0.2, -0.15) is 0 Å². The third kappa shape index (κ3) is 2.76. The van der Waals surface area contributed by atoms with Gasteiger partial charge in [-0.25, -0.2) is 0 Å². The maximum absolute atomic E-state index is 8.91. The number of aliphatic hydroxyl groups is 1. The predicted octanol–water partition coefficient (Wildman–Crippen LogP) is 1.10. The van der Waals surface area contributed by atoms with Crippen LogP contribution in [0.15, 0.2) is 18.2 Å². The first-order valence-electron chi connectivity index (χ1n) is 5.02. The minimum absolute atomic E-state index is 0.124. The molecule has 0 atom stereocenters. The normalized spacial score (nSPS) is 10.1. The summed E-state index contributed by atoms with van der Waals surface area (Å²) in [5.74, 6) is 0.747. The van der Waals surface area contributed by atoms with Crippen LogP contribution in [-0.2, 0) is 0 Å². The summed E-state index contributed by atoms with van der Waals surface area (Å²) >= 11 is 0.